The van der Waals surface area contributed by atoms with Crippen molar-refractivity contribution in [2.24, 2.45) is 0 Å². The summed E-state index contributed by atoms with van der Waals surface area (Å²) in [5, 5.41) is 2.32. The average molecular weight is 226 g/mol. The van der Waals surface area contributed by atoms with E-state index in [1.54, 1.807) is 0 Å². The minimum absolute atomic E-state index is 0.390. The molecule has 1 aliphatic heterocycles. The molecular weight excluding hydrogens is 196 g/mol. The van der Waals surface area contributed by atoms with E-state index in [2.05, 4.69) is 31.3 Å². The van der Waals surface area contributed by atoms with Gasteiger partial charge in [-0.05, 0) is 12.8 Å². The lowest BCUT2D eigenvalue weighted by molar-refractivity contribution is 0.377. The Morgan fingerprint density at radius 1 is 0.812 bits per heavy atom. The first kappa shape index (κ1) is 14.0. The van der Waals surface area contributed by atoms with E-state index in [9.17, 15) is 0 Å². The van der Waals surface area contributed by atoms with E-state index in [0.717, 1.165) is 0 Å². The van der Waals surface area contributed by atoms with Crippen molar-refractivity contribution in [2.75, 3.05) is 7.05 Å². The van der Waals surface area contributed by atoms with Crippen molar-refractivity contribution >= 4 is 0 Å². The summed E-state index contributed by atoms with van der Waals surface area (Å²) in [7, 11) is 2.19. The molecule has 1 fully saturated rings. The summed E-state index contributed by atoms with van der Waals surface area (Å²) in [5.74, 6) is 0. The maximum Gasteiger partial charge on any atom is 0.0970 e. The average Bonchev–Trinajstić information content (AvgIpc) is 2.92. The molecule has 1 heterocycles. The van der Waals surface area contributed by atoms with E-state index in [1.807, 2.05) is 0 Å². The van der Waals surface area contributed by atoms with Gasteiger partial charge in [0.25, 0.3) is 0 Å². The summed E-state index contributed by atoms with van der Waals surface area (Å²) in [6.45, 7) is 4.56. The fraction of sp³-hybridized carbons (Fsp3) is 1.00. The van der Waals surface area contributed by atoms with Gasteiger partial charge in [-0.2, -0.15) is 0 Å². The second-order valence-corrected chi connectivity index (χ2v) is 5.32. The standard InChI is InChI=1S/C14H30N2/c1-4-6-8-10-12-14(15-16(14)3)13-11-9-7-5-2/h15H,4-13H2,1-3H3. The largest absolute Gasteiger partial charge is 0.232 e. The third-order valence-corrected chi connectivity index (χ3v) is 3.86. The van der Waals surface area contributed by atoms with Gasteiger partial charge in [0.05, 0.1) is 5.66 Å². The second kappa shape index (κ2) is 7.29. The van der Waals surface area contributed by atoms with Crippen molar-refractivity contribution in [2.45, 2.75) is 83.7 Å². The van der Waals surface area contributed by atoms with Crippen molar-refractivity contribution in [1.29, 1.82) is 0 Å². The van der Waals surface area contributed by atoms with Gasteiger partial charge >= 0.3 is 0 Å². The highest BCUT2D eigenvalue weighted by Crippen LogP contribution is 2.34. The molecule has 1 rings (SSSR count). The van der Waals surface area contributed by atoms with Crippen LogP contribution in [0.3, 0.4) is 0 Å². The van der Waals surface area contributed by atoms with Crippen LogP contribution in [0.15, 0.2) is 0 Å². The molecule has 2 heteroatoms. The molecule has 1 N–H and O–H groups in total. The molecule has 0 aromatic heterocycles. The third kappa shape index (κ3) is 4.42. The summed E-state index contributed by atoms with van der Waals surface area (Å²) < 4.78 is 0. The third-order valence-electron chi connectivity index (χ3n) is 3.86. The topological polar surface area (TPSA) is 25.0 Å². The molecule has 0 aromatic rings. The zero-order chi connectivity index (χ0) is 11.9. The van der Waals surface area contributed by atoms with E-state index >= 15 is 0 Å². The molecule has 0 aromatic carbocycles. The summed E-state index contributed by atoms with van der Waals surface area (Å²) in [6, 6.07) is 0. The number of hydrogen-bond acceptors (Lipinski definition) is 2. The Labute approximate surface area is 102 Å². The Morgan fingerprint density at radius 2 is 1.25 bits per heavy atom. The van der Waals surface area contributed by atoms with Crippen LogP contribution in [0.4, 0.5) is 0 Å². The first-order valence-electron chi connectivity index (χ1n) is 7.27. The molecule has 0 saturated carbocycles. The highest BCUT2D eigenvalue weighted by Gasteiger charge is 2.47. The fourth-order valence-electron chi connectivity index (χ4n) is 2.55. The number of hydrazine groups is 1. The Bertz CT molecular complexity index is 168. The lowest BCUT2D eigenvalue weighted by atomic mass is 9.98. The van der Waals surface area contributed by atoms with Gasteiger partial charge in [-0.3, -0.25) is 0 Å². The van der Waals surface area contributed by atoms with Crippen molar-refractivity contribution in [3.05, 3.63) is 0 Å². The molecule has 0 radical (unpaired) electrons. The van der Waals surface area contributed by atoms with E-state index in [0.29, 0.717) is 5.66 Å². The number of rotatable bonds is 10. The second-order valence-electron chi connectivity index (χ2n) is 5.32. The van der Waals surface area contributed by atoms with Crippen molar-refractivity contribution in [3.63, 3.8) is 0 Å². The molecule has 2 nitrogen and oxygen atoms in total. The Balaban J connectivity index is 2.08. The van der Waals surface area contributed by atoms with Crippen LogP contribution in [0.5, 0.6) is 0 Å². The van der Waals surface area contributed by atoms with Crippen LogP contribution in [0, 0.1) is 0 Å². The molecule has 1 atom stereocenters. The number of nitrogens with one attached hydrogen (secondary N) is 1. The molecule has 0 bridgehead atoms. The molecular formula is C14H30N2. The summed E-state index contributed by atoms with van der Waals surface area (Å²) in [5.41, 5.74) is 3.92. The zero-order valence-corrected chi connectivity index (χ0v) is 11.5. The van der Waals surface area contributed by atoms with E-state index in [-0.39, 0.29) is 0 Å². The van der Waals surface area contributed by atoms with Crippen molar-refractivity contribution in [3.8, 4) is 0 Å². The van der Waals surface area contributed by atoms with Gasteiger partial charge in [0.15, 0.2) is 0 Å². The Morgan fingerprint density at radius 3 is 1.56 bits per heavy atom. The highest BCUT2D eigenvalue weighted by molar-refractivity contribution is 4.95. The molecule has 1 aliphatic rings. The molecule has 1 unspecified atom stereocenters. The van der Waals surface area contributed by atoms with Crippen LogP contribution < -0.4 is 5.43 Å². The maximum absolute atomic E-state index is 3.53. The lowest BCUT2D eigenvalue weighted by Crippen LogP contribution is -2.18. The quantitative estimate of drug-likeness (QED) is 0.448. The van der Waals surface area contributed by atoms with Gasteiger partial charge in [-0.1, -0.05) is 65.2 Å². The minimum atomic E-state index is 0.390. The monoisotopic (exact) mass is 226 g/mol. The normalized spacial score (nSPS) is 22.3. The van der Waals surface area contributed by atoms with Gasteiger partial charge in [0.2, 0.25) is 0 Å². The van der Waals surface area contributed by atoms with Crippen LogP contribution in [0.2, 0.25) is 0 Å². The highest BCUT2D eigenvalue weighted by atomic mass is 15.8. The van der Waals surface area contributed by atoms with Gasteiger partial charge in [0, 0.05) is 7.05 Å². The maximum atomic E-state index is 3.53. The smallest absolute Gasteiger partial charge is 0.0970 e. The predicted molar refractivity (Wildman–Crippen MR) is 71.1 cm³/mol. The van der Waals surface area contributed by atoms with Crippen LogP contribution in [-0.4, -0.2) is 17.7 Å². The molecule has 96 valence electrons. The molecule has 16 heavy (non-hydrogen) atoms. The lowest BCUT2D eigenvalue weighted by Gasteiger charge is -2.13. The van der Waals surface area contributed by atoms with Gasteiger partial charge in [-0.25, -0.2) is 10.4 Å². The molecule has 0 aliphatic carbocycles. The van der Waals surface area contributed by atoms with Gasteiger partial charge in [0.1, 0.15) is 0 Å². The van der Waals surface area contributed by atoms with Crippen LogP contribution in [-0.2, 0) is 0 Å². The summed E-state index contributed by atoms with van der Waals surface area (Å²) in [4.78, 5) is 0. The molecule has 1 saturated heterocycles. The van der Waals surface area contributed by atoms with E-state index in [1.165, 1.54) is 64.2 Å². The van der Waals surface area contributed by atoms with Crippen molar-refractivity contribution in [1.82, 2.24) is 10.4 Å². The fourth-order valence-corrected chi connectivity index (χ4v) is 2.55. The van der Waals surface area contributed by atoms with Gasteiger partial charge in [-0.15, -0.1) is 0 Å². The number of unbranched alkanes of at least 4 members (excludes halogenated alkanes) is 6. The van der Waals surface area contributed by atoms with E-state index < -0.39 is 0 Å². The predicted octanol–water partition coefficient (Wildman–Crippen LogP) is 4.07. The summed E-state index contributed by atoms with van der Waals surface area (Å²) >= 11 is 0. The first-order chi connectivity index (χ1) is 7.75. The Hall–Kier alpha value is -0.0800. The summed E-state index contributed by atoms with van der Waals surface area (Å²) in [6.07, 6.45) is 13.7. The number of hydrogen-bond donors (Lipinski definition) is 1. The first-order valence-corrected chi connectivity index (χ1v) is 7.27. The Kier molecular flexibility index (Phi) is 6.37. The van der Waals surface area contributed by atoms with Crippen molar-refractivity contribution < 1.29 is 0 Å². The van der Waals surface area contributed by atoms with E-state index in [4.69, 9.17) is 0 Å². The van der Waals surface area contributed by atoms with Crippen LogP contribution in [0.25, 0.3) is 0 Å². The number of nitrogens with zero attached hydrogens (tertiary/aromatic N) is 1. The molecule has 0 amide bonds. The van der Waals surface area contributed by atoms with Crippen LogP contribution in [0.1, 0.15) is 78.1 Å². The zero-order valence-electron chi connectivity index (χ0n) is 11.5. The SMILES string of the molecule is CCCCCCC1(CCCCCC)NN1C. The minimum Gasteiger partial charge on any atom is -0.232 e. The van der Waals surface area contributed by atoms with Crippen LogP contribution >= 0.6 is 0 Å². The molecule has 0 spiro atoms. The van der Waals surface area contributed by atoms with Gasteiger partial charge < -0.3 is 0 Å².